The monoisotopic (exact) mass is 379 g/mol. The molecule has 0 radical (unpaired) electrons. The highest BCUT2D eigenvalue weighted by Gasteiger charge is 2.08. The number of anilines is 3. The number of amides is 3. The predicted octanol–water partition coefficient (Wildman–Crippen LogP) is 2.53. The Kier molecular flexibility index (Phi) is 5.95. The quantitative estimate of drug-likeness (QED) is 0.488. The predicted molar refractivity (Wildman–Crippen MR) is 108 cm³/mol. The van der Waals surface area contributed by atoms with Crippen molar-refractivity contribution in [3.05, 3.63) is 48.3 Å². The van der Waals surface area contributed by atoms with Crippen molar-refractivity contribution in [2.24, 2.45) is 0 Å². The molecule has 1 aromatic carbocycles. The van der Waals surface area contributed by atoms with Crippen LogP contribution in [-0.2, 0) is 4.79 Å². The van der Waals surface area contributed by atoms with Crippen LogP contribution in [0.3, 0.4) is 0 Å². The average molecular weight is 379 g/mol. The smallest absolute Gasteiger partial charge is 0.326 e. The van der Waals surface area contributed by atoms with Gasteiger partial charge in [-0.15, -0.1) is 0 Å². The van der Waals surface area contributed by atoms with Gasteiger partial charge < -0.3 is 16.0 Å². The molecule has 0 aliphatic carbocycles. The number of aromatic nitrogens is 3. The Morgan fingerprint density at radius 1 is 1.04 bits per heavy atom. The summed E-state index contributed by atoms with van der Waals surface area (Å²) in [5.74, 6) is 0.649. The Morgan fingerprint density at radius 2 is 1.89 bits per heavy atom. The standard InChI is InChI=1S/C19H21N7O2/c1-12-10-17(22-9-8-20-13(2)27)25-18(23-12)26-19(28)24-15-5-6-16-14(11-15)4-3-7-21-16/h3-7,10-11H,8-9H2,1-2H3,(H,20,27)(H3,22,23,24,25,26,28). The number of rotatable bonds is 6. The summed E-state index contributed by atoms with van der Waals surface area (Å²) in [6.07, 6.45) is 1.72. The molecule has 0 saturated heterocycles. The van der Waals surface area contributed by atoms with Gasteiger partial charge in [-0.1, -0.05) is 6.07 Å². The zero-order chi connectivity index (χ0) is 19.9. The number of hydrogen-bond acceptors (Lipinski definition) is 6. The summed E-state index contributed by atoms with van der Waals surface area (Å²) < 4.78 is 0. The molecule has 0 spiro atoms. The normalized spacial score (nSPS) is 10.4. The number of carbonyl (C=O) groups is 2. The number of fused-ring (bicyclic) bond motifs is 1. The van der Waals surface area contributed by atoms with Crippen molar-refractivity contribution < 1.29 is 9.59 Å². The lowest BCUT2D eigenvalue weighted by Crippen LogP contribution is -2.26. The zero-order valence-corrected chi connectivity index (χ0v) is 15.6. The summed E-state index contributed by atoms with van der Waals surface area (Å²) >= 11 is 0. The molecule has 3 rings (SSSR count). The molecule has 9 nitrogen and oxygen atoms in total. The largest absolute Gasteiger partial charge is 0.368 e. The third-order valence-corrected chi connectivity index (χ3v) is 3.75. The molecule has 9 heteroatoms. The van der Waals surface area contributed by atoms with Gasteiger partial charge >= 0.3 is 6.03 Å². The molecule has 144 valence electrons. The van der Waals surface area contributed by atoms with E-state index < -0.39 is 6.03 Å². The van der Waals surface area contributed by atoms with Crippen LogP contribution in [0.2, 0.25) is 0 Å². The van der Waals surface area contributed by atoms with E-state index in [0.29, 0.717) is 30.3 Å². The lowest BCUT2D eigenvalue weighted by atomic mass is 10.2. The van der Waals surface area contributed by atoms with Crippen LogP contribution in [0.15, 0.2) is 42.6 Å². The molecule has 4 N–H and O–H groups in total. The lowest BCUT2D eigenvalue weighted by Gasteiger charge is -2.10. The minimum absolute atomic E-state index is 0.0934. The van der Waals surface area contributed by atoms with Gasteiger partial charge in [-0.05, 0) is 31.2 Å². The third kappa shape index (κ3) is 5.37. The van der Waals surface area contributed by atoms with Crippen molar-refractivity contribution in [3.8, 4) is 0 Å². The van der Waals surface area contributed by atoms with E-state index in [1.165, 1.54) is 6.92 Å². The SMILES string of the molecule is CC(=O)NCCNc1cc(C)nc(NC(=O)Nc2ccc3ncccc3c2)n1. The first-order valence-corrected chi connectivity index (χ1v) is 8.76. The second kappa shape index (κ2) is 8.76. The Bertz CT molecular complexity index is 1010. The summed E-state index contributed by atoms with van der Waals surface area (Å²) in [4.78, 5) is 35.9. The summed E-state index contributed by atoms with van der Waals surface area (Å²) in [5.41, 5.74) is 2.19. The molecule has 0 unspecified atom stereocenters. The van der Waals surface area contributed by atoms with Crippen molar-refractivity contribution in [3.63, 3.8) is 0 Å². The first-order chi connectivity index (χ1) is 13.5. The van der Waals surface area contributed by atoms with Crippen LogP contribution >= 0.6 is 0 Å². The number of nitrogens with zero attached hydrogens (tertiary/aromatic N) is 3. The second-order valence-electron chi connectivity index (χ2n) is 6.12. The van der Waals surface area contributed by atoms with Crippen LogP contribution < -0.4 is 21.3 Å². The minimum atomic E-state index is -0.446. The molecule has 0 aliphatic heterocycles. The van der Waals surface area contributed by atoms with Gasteiger partial charge in [0.25, 0.3) is 0 Å². The van der Waals surface area contributed by atoms with E-state index >= 15 is 0 Å². The number of pyridine rings is 1. The van der Waals surface area contributed by atoms with Gasteiger partial charge in [-0.25, -0.2) is 9.78 Å². The molecule has 0 aliphatic rings. The lowest BCUT2D eigenvalue weighted by molar-refractivity contribution is -0.118. The van der Waals surface area contributed by atoms with Gasteiger partial charge in [0.1, 0.15) is 5.82 Å². The van der Waals surface area contributed by atoms with Gasteiger partial charge in [0, 0.05) is 49.0 Å². The van der Waals surface area contributed by atoms with Crippen molar-refractivity contribution in [1.29, 1.82) is 0 Å². The highest BCUT2D eigenvalue weighted by atomic mass is 16.2. The first-order valence-electron chi connectivity index (χ1n) is 8.76. The number of urea groups is 1. The van der Waals surface area contributed by atoms with E-state index in [-0.39, 0.29) is 11.9 Å². The van der Waals surface area contributed by atoms with Crippen molar-refractivity contribution >= 4 is 40.3 Å². The number of hydrogen-bond donors (Lipinski definition) is 4. The molecule has 2 heterocycles. The number of carbonyl (C=O) groups excluding carboxylic acids is 2. The topological polar surface area (TPSA) is 121 Å². The highest BCUT2D eigenvalue weighted by Crippen LogP contribution is 2.17. The molecular formula is C19H21N7O2. The summed E-state index contributed by atoms with van der Waals surface area (Å²) in [6, 6.07) is 10.5. The third-order valence-electron chi connectivity index (χ3n) is 3.75. The van der Waals surface area contributed by atoms with Crippen LogP contribution in [0, 0.1) is 6.92 Å². The molecule has 0 saturated carbocycles. The number of aryl methyl sites for hydroxylation is 1. The average Bonchev–Trinajstić information content (AvgIpc) is 2.64. The van der Waals surface area contributed by atoms with Gasteiger partial charge in [0.05, 0.1) is 5.52 Å². The van der Waals surface area contributed by atoms with Crippen molar-refractivity contribution in [1.82, 2.24) is 20.3 Å². The van der Waals surface area contributed by atoms with E-state index in [4.69, 9.17) is 0 Å². The maximum atomic E-state index is 12.3. The number of benzene rings is 1. The van der Waals surface area contributed by atoms with E-state index in [0.717, 1.165) is 10.9 Å². The van der Waals surface area contributed by atoms with E-state index in [9.17, 15) is 9.59 Å². The van der Waals surface area contributed by atoms with Crippen LogP contribution in [0.5, 0.6) is 0 Å². The summed E-state index contributed by atoms with van der Waals surface area (Å²) in [7, 11) is 0. The minimum Gasteiger partial charge on any atom is -0.368 e. The van der Waals surface area contributed by atoms with Gasteiger partial charge in [-0.3, -0.25) is 15.1 Å². The second-order valence-corrected chi connectivity index (χ2v) is 6.12. The first kappa shape index (κ1) is 19.0. The molecule has 0 bridgehead atoms. The Morgan fingerprint density at radius 3 is 2.71 bits per heavy atom. The van der Waals surface area contributed by atoms with Crippen molar-refractivity contribution in [2.75, 3.05) is 29.0 Å². The highest BCUT2D eigenvalue weighted by molar-refractivity contribution is 6.00. The van der Waals surface area contributed by atoms with Crippen LogP contribution in [0.4, 0.5) is 22.2 Å². The van der Waals surface area contributed by atoms with E-state index in [1.807, 2.05) is 24.3 Å². The Hall–Kier alpha value is -3.75. The van der Waals surface area contributed by atoms with Crippen LogP contribution in [0.25, 0.3) is 10.9 Å². The fraction of sp³-hybridized carbons (Fsp3) is 0.211. The Labute approximate surface area is 162 Å². The summed E-state index contributed by atoms with van der Waals surface area (Å²) in [5, 5.41) is 12.1. The van der Waals surface area contributed by atoms with Gasteiger partial charge in [0.2, 0.25) is 11.9 Å². The van der Waals surface area contributed by atoms with Crippen molar-refractivity contribution in [2.45, 2.75) is 13.8 Å². The van der Waals surface area contributed by atoms with Crippen LogP contribution in [0.1, 0.15) is 12.6 Å². The van der Waals surface area contributed by atoms with E-state index in [1.54, 1.807) is 25.3 Å². The van der Waals surface area contributed by atoms with Crippen LogP contribution in [-0.4, -0.2) is 40.0 Å². The maximum Gasteiger partial charge on any atom is 0.326 e. The maximum absolute atomic E-state index is 12.3. The molecular weight excluding hydrogens is 358 g/mol. The molecule has 0 fully saturated rings. The fourth-order valence-corrected chi connectivity index (χ4v) is 2.56. The Balaban J connectivity index is 1.61. The fourth-order valence-electron chi connectivity index (χ4n) is 2.56. The number of nitrogens with one attached hydrogen (secondary N) is 4. The van der Waals surface area contributed by atoms with Gasteiger partial charge in [0.15, 0.2) is 0 Å². The molecule has 2 aromatic heterocycles. The molecule has 3 amide bonds. The summed E-state index contributed by atoms with van der Waals surface area (Å²) in [6.45, 7) is 4.24. The zero-order valence-electron chi connectivity index (χ0n) is 15.6. The van der Waals surface area contributed by atoms with E-state index in [2.05, 4.69) is 36.2 Å². The molecule has 3 aromatic rings. The van der Waals surface area contributed by atoms with Gasteiger partial charge in [-0.2, -0.15) is 4.98 Å². The molecule has 0 atom stereocenters. The molecule has 28 heavy (non-hydrogen) atoms.